The first kappa shape index (κ1) is 21.0. The first-order valence-electron chi connectivity index (χ1n) is 13.0. The third kappa shape index (κ3) is 3.07. The average molecular weight is 485 g/mol. The third-order valence-electron chi connectivity index (χ3n) is 7.76. The Balaban J connectivity index is 1.56. The number of hydrogen-bond acceptors (Lipinski definition) is 0. The molecular formula is C36H24N2. The first-order valence-corrected chi connectivity index (χ1v) is 13.0. The largest absolute Gasteiger partial charge is 0.354 e. The van der Waals surface area contributed by atoms with Crippen molar-refractivity contribution in [2.45, 2.75) is 0 Å². The Morgan fingerprint density at radius 3 is 1.42 bits per heavy atom. The van der Waals surface area contributed by atoms with Crippen molar-refractivity contribution < 1.29 is 0 Å². The Labute approximate surface area is 220 Å². The molecule has 38 heavy (non-hydrogen) atoms. The van der Waals surface area contributed by atoms with Crippen LogP contribution in [0.1, 0.15) is 0 Å². The van der Waals surface area contributed by atoms with Crippen LogP contribution in [-0.2, 0) is 0 Å². The standard InChI is InChI=1S/C36H24N2/c1-3-11-23(12-4-1)24-19-21-26(22-20-24)31-32(25-13-5-2-6-14-25)35-34(28-16-8-10-18-30(28)37-35)36-33(31)27-15-7-9-17-29(27)38-36/h1-22,37-38H. The predicted molar refractivity (Wildman–Crippen MR) is 161 cm³/mol. The second-order valence-electron chi connectivity index (χ2n) is 9.90. The summed E-state index contributed by atoms with van der Waals surface area (Å²) in [7, 11) is 0. The third-order valence-corrected chi connectivity index (χ3v) is 7.76. The summed E-state index contributed by atoms with van der Waals surface area (Å²) in [5.41, 5.74) is 12.0. The van der Waals surface area contributed by atoms with Crippen LogP contribution in [0.3, 0.4) is 0 Å². The van der Waals surface area contributed by atoms with E-state index in [0.717, 1.165) is 11.0 Å². The van der Waals surface area contributed by atoms with Gasteiger partial charge in [0.05, 0.1) is 11.0 Å². The Bertz CT molecular complexity index is 2100. The smallest absolute Gasteiger partial charge is 0.0573 e. The van der Waals surface area contributed by atoms with Gasteiger partial charge in [-0.05, 0) is 34.4 Å². The van der Waals surface area contributed by atoms with Crippen molar-refractivity contribution in [3.05, 3.63) is 133 Å². The number of benzene rings is 6. The number of aromatic amines is 2. The van der Waals surface area contributed by atoms with Crippen molar-refractivity contribution in [2.75, 3.05) is 0 Å². The van der Waals surface area contributed by atoms with Crippen LogP contribution in [0.15, 0.2) is 133 Å². The van der Waals surface area contributed by atoms with Crippen molar-refractivity contribution in [1.82, 2.24) is 9.97 Å². The predicted octanol–water partition coefficient (Wildman–Crippen LogP) is 9.96. The molecule has 0 saturated carbocycles. The molecule has 0 spiro atoms. The molecule has 2 heterocycles. The molecule has 0 saturated heterocycles. The number of fused-ring (bicyclic) bond motifs is 7. The van der Waals surface area contributed by atoms with Crippen LogP contribution in [0.25, 0.3) is 77.0 Å². The Kier molecular flexibility index (Phi) is 4.55. The van der Waals surface area contributed by atoms with E-state index in [4.69, 9.17) is 0 Å². The van der Waals surface area contributed by atoms with E-state index in [9.17, 15) is 0 Å². The normalized spacial score (nSPS) is 11.7. The van der Waals surface area contributed by atoms with Gasteiger partial charge in [0.1, 0.15) is 0 Å². The van der Waals surface area contributed by atoms with Gasteiger partial charge in [0.2, 0.25) is 0 Å². The van der Waals surface area contributed by atoms with Gasteiger partial charge in [0, 0.05) is 43.7 Å². The van der Waals surface area contributed by atoms with E-state index in [1.54, 1.807) is 0 Å². The van der Waals surface area contributed by atoms with E-state index < -0.39 is 0 Å². The number of hydrogen-bond donors (Lipinski definition) is 2. The molecule has 0 radical (unpaired) electrons. The second kappa shape index (κ2) is 8.22. The van der Waals surface area contributed by atoms with Gasteiger partial charge in [-0.2, -0.15) is 0 Å². The fraction of sp³-hybridized carbons (Fsp3) is 0. The maximum absolute atomic E-state index is 3.81. The summed E-state index contributed by atoms with van der Waals surface area (Å²) >= 11 is 0. The molecule has 2 N–H and O–H groups in total. The molecule has 2 nitrogen and oxygen atoms in total. The number of H-pyrrole nitrogens is 2. The molecule has 0 atom stereocenters. The fourth-order valence-corrected chi connectivity index (χ4v) is 6.07. The molecule has 0 amide bonds. The monoisotopic (exact) mass is 484 g/mol. The summed E-state index contributed by atoms with van der Waals surface area (Å²) in [5.74, 6) is 0. The lowest BCUT2D eigenvalue weighted by Gasteiger charge is -2.16. The van der Waals surface area contributed by atoms with E-state index in [1.165, 1.54) is 66.0 Å². The minimum absolute atomic E-state index is 1.15. The molecule has 8 aromatic rings. The van der Waals surface area contributed by atoms with Crippen LogP contribution in [0.2, 0.25) is 0 Å². The maximum atomic E-state index is 3.81. The van der Waals surface area contributed by atoms with Crippen LogP contribution in [0.5, 0.6) is 0 Å². The van der Waals surface area contributed by atoms with Gasteiger partial charge in [-0.25, -0.2) is 0 Å². The highest BCUT2D eigenvalue weighted by Gasteiger charge is 2.23. The van der Waals surface area contributed by atoms with Gasteiger partial charge in [0.15, 0.2) is 0 Å². The van der Waals surface area contributed by atoms with Crippen LogP contribution < -0.4 is 0 Å². The molecule has 0 aliphatic carbocycles. The Morgan fingerprint density at radius 1 is 0.316 bits per heavy atom. The van der Waals surface area contributed by atoms with E-state index in [0.29, 0.717) is 0 Å². The van der Waals surface area contributed by atoms with Crippen LogP contribution >= 0.6 is 0 Å². The lowest BCUT2D eigenvalue weighted by atomic mass is 9.87. The van der Waals surface area contributed by atoms with Crippen molar-refractivity contribution in [3.63, 3.8) is 0 Å². The highest BCUT2D eigenvalue weighted by molar-refractivity contribution is 6.32. The molecule has 2 aromatic heterocycles. The van der Waals surface area contributed by atoms with Crippen molar-refractivity contribution >= 4 is 43.6 Å². The van der Waals surface area contributed by atoms with E-state index in [-0.39, 0.29) is 0 Å². The summed E-state index contributed by atoms with van der Waals surface area (Å²) in [6, 6.07) is 47.7. The quantitative estimate of drug-likeness (QED) is 0.250. The maximum Gasteiger partial charge on any atom is 0.0573 e. The van der Waals surface area contributed by atoms with E-state index in [1.807, 2.05) is 0 Å². The summed E-state index contributed by atoms with van der Waals surface area (Å²) in [4.78, 5) is 7.61. The number of nitrogens with one attached hydrogen (secondary N) is 2. The number of para-hydroxylation sites is 2. The zero-order chi connectivity index (χ0) is 25.1. The highest BCUT2D eigenvalue weighted by Crippen LogP contribution is 2.48. The molecule has 0 bridgehead atoms. The van der Waals surface area contributed by atoms with Gasteiger partial charge < -0.3 is 9.97 Å². The lowest BCUT2D eigenvalue weighted by molar-refractivity contribution is 1.53. The van der Waals surface area contributed by atoms with Crippen molar-refractivity contribution in [3.8, 4) is 33.4 Å². The molecule has 0 unspecified atom stereocenters. The summed E-state index contributed by atoms with van der Waals surface area (Å²) in [5, 5.41) is 5.00. The molecule has 178 valence electrons. The van der Waals surface area contributed by atoms with Gasteiger partial charge in [-0.15, -0.1) is 0 Å². The number of rotatable bonds is 3. The van der Waals surface area contributed by atoms with Crippen LogP contribution in [0.4, 0.5) is 0 Å². The zero-order valence-electron chi connectivity index (χ0n) is 20.7. The summed E-state index contributed by atoms with van der Waals surface area (Å²) in [6.07, 6.45) is 0. The van der Waals surface area contributed by atoms with Gasteiger partial charge in [-0.1, -0.05) is 121 Å². The van der Waals surface area contributed by atoms with E-state index in [2.05, 4.69) is 143 Å². The molecule has 0 aliphatic heterocycles. The molecule has 8 rings (SSSR count). The Morgan fingerprint density at radius 2 is 0.763 bits per heavy atom. The molecule has 6 aromatic carbocycles. The molecule has 0 fully saturated rings. The number of aromatic nitrogens is 2. The van der Waals surface area contributed by atoms with Crippen LogP contribution in [-0.4, -0.2) is 9.97 Å². The van der Waals surface area contributed by atoms with Gasteiger partial charge in [-0.3, -0.25) is 0 Å². The molecular weight excluding hydrogens is 460 g/mol. The van der Waals surface area contributed by atoms with Gasteiger partial charge >= 0.3 is 0 Å². The second-order valence-corrected chi connectivity index (χ2v) is 9.90. The first-order chi connectivity index (χ1) is 18.9. The Hall–Kier alpha value is -5.08. The van der Waals surface area contributed by atoms with Crippen molar-refractivity contribution in [1.29, 1.82) is 0 Å². The summed E-state index contributed by atoms with van der Waals surface area (Å²) < 4.78 is 0. The SMILES string of the molecule is c1ccc(-c2ccc(-c3c(-c4ccccc4)c4[nH]c5ccccc5c4c4[nH]c5ccccc5c34)cc2)cc1. The minimum Gasteiger partial charge on any atom is -0.354 e. The minimum atomic E-state index is 1.15. The highest BCUT2D eigenvalue weighted by atomic mass is 14.8. The zero-order valence-corrected chi connectivity index (χ0v) is 20.7. The molecule has 0 aliphatic rings. The van der Waals surface area contributed by atoms with Crippen LogP contribution in [0, 0.1) is 0 Å². The topological polar surface area (TPSA) is 31.6 Å². The molecule has 2 heteroatoms. The van der Waals surface area contributed by atoms with E-state index >= 15 is 0 Å². The van der Waals surface area contributed by atoms with Gasteiger partial charge in [0.25, 0.3) is 0 Å². The lowest BCUT2D eigenvalue weighted by Crippen LogP contribution is -1.90. The summed E-state index contributed by atoms with van der Waals surface area (Å²) in [6.45, 7) is 0. The van der Waals surface area contributed by atoms with Crippen molar-refractivity contribution in [2.24, 2.45) is 0 Å². The average Bonchev–Trinajstić information content (AvgIpc) is 3.56. The fourth-order valence-electron chi connectivity index (χ4n) is 6.07.